The maximum atomic E-state index is 5.76. The molecule has 0 aromatic carbocycles. The van der Waals surface area contributed by atoms with Crippen LogP contribution in [0.1, 0.15) is 19.8 Å². The molecule has 0 radical (unpaired) electrons. The smallest absolute Gasteiger partial charge is 0.0554 e. The molecule has 0 aromatic rings. The predicted molar refractivity (Wildman–Crippen MR) is 60.3 cm³/mol. The molecule has 0 spiro atoms. The first-order valence-corrected chi connectivity index (χ1v) is 5.87. The topological polar surface area (TPSA) is 41.7 Å². The van der Waals surface area contributed by atoms with Crippen molar-refractivity contribution in [2.45, 2.75) is 25.8 Å². The normalized spacial score (nSPS) is 28.0. The molecule has 0 amide bonds. The lowest BCUT2D eigenvalue weighted by Gasteiger charge is -2.44. The minimum Gasteiger partial charge on any atom is -0.380 e. The van der Waals surface area contributed by atoms with Gasteiger partial charge in [-0.1, -0.05) is 6.92 Å². The Bertz CT molecular complexity index is 210. The summed E-state index contributed by atoms with van der Waals surface area (Å²) in [6.07, 6.45) is 2.40. The van der Waals surface area contributed by atoms with Crippen LogP contribution in [0.2, 0.25) is 0 Å². The molecule has 0 saturated carbocycles. The zero-order valence-electron chi connectivity index (χ0n) is 9.91. The quantitative estimate of drug-likeness (QED) is 0.684. The van der Waals surface area contributed by atoms with Gasteiger partial charge in [0.05, 0.1) is 13.2 Å². The van der Waals surface area contributed by atoms with E-state index in [9.17, 15) is 0 Å². The molecule has 0 bridgehead atoms. The Morgan fingerprint density at radius 2 is 2.00 bits per heavy atom. The van der Waals surface area contributed by atoms with Crippen LogP contribution in [0.15, 0.2) is 0 Å². The third-order valence-electron chi connectivity index (χ3n) is 3.65. The summed E-state index contributed by atoms with van der Waals surface area (Å²) < 4.78 is 5.29. The van der Waals surface area contributed by atoms with Gasteiger partial charge in [0.1, 0.15) is 0 Å². The van der Waals surface area contributed by atoms with Crippen molar-refractivity contribution < 1.29 is 4.74 Å². The molecule has 0 aliphatic carbocycles. The molecule has 2 aliphatic rings. The molecule has 2 fully saturated rings. The third-order valence-corrected chi connectivity index (χ3v) is 3.65. The first-order chi connectivity index (χ1) is 7.09. The SMILES string of the molecule is CN(CC1(C)COC1)C1CCN(N)CC1. The first-order valence-electron chi connectivity index (χ1n) is 5.87. The Morgan fingerprint density at radius 3 is 2.47 bits per heavy atom. The molecule has 2 rings (SSSR count). The molecule has 2 heterocycles. The fourth-order valence-corrected chi connectivity index (χ4v) is 2.60. The van der Waals surface area contributed by atoms with Crippen LogP contribution in [0, 0.1) is 5.41 Å². The Labute approximate surface area is 92.3 Å². The van der Waals surface area contributed by atoms with Gasteiger partial charge in [-0.05, 0) is 19.9 Å². The van der Waals surface area contributed by atoms with Crippen molar-refractivity contribution >= 4 is 0 Å². The maximum Gasteiger partial charge on any atom is 0.0554 e. The van der Waals surface area contributed by atoms with Gasteiger partial charge < -0.3 is 9.64 Å². The molecule has 15 heavy (non-hydrogen) atoms. The summed E-state index contributed by atoms with van der Waals surface area (Å²) in [7, 11) is 2.24. The zero-order chi connectivity index (χ0) is 10.9. The van der Waals surface area contributed by atoms with Crippen LogP contribution >= 0.6 is 0 Å². The van der Waals surface area contributed by atoms with Crippen LogP contribution < -0.4 is 5.84 Å². The van der Waals surface area contributed by atoms with Crippen molar-refractivity contribution in [3.63, 3.8) is 0 Å². The van der Waals surface area contributed by atoms with E-state index in [0.717, 1.165) is 32.8 Å². The molecule has 0 unspecified atom stereocenters. The number of rotatable bonds is 3. The van der Waals surface area contributed by atoms with Gasteiger partial charge in [-0.2, -0.15) is 0 Å². The van der Waals surface area contributed by atoms with E-state index in [1.165, 1.54) is 12.8 Å². The Kier molecular flexibility index (Phi) is 3.30. The molecule has 4 heteroatoms. The Morgan fingerprint density at radius 1 is 1.40 bits per heavy atom. The van der Waals surface area contributed by atoms with E-state index in [4.69, 9.17) is 10.6 Å². The summed E-state index contributed by atoms with van der Waals surface area (Å²) in [5.74, 6) is 5.76. The van der Waals surface area contributed by atoms with E-state index < -0.39 is 0 Å². The number of piperidine rings is 1. The molecular weight excluding hydrogens is 190 g/mol. The number of nitrogens with zero attached hydrogens (tertiary/aromatic N) is 2. The second-order valence-electron chi connectivity index (χ2n) is 5.49. The fourth-order valence-electron chi connectivity index (χ4n) is 2.60. The molecular formula is C11H23N3O. The average Bonchev–Trinajstić information content (AvgIpc) is 2.16. The Balaban J connectivity index is 1.77. The second kappa shape index (κ2) is 4.37. The van der Waals surface area contributed by atoms with Gasteiger partial charge in [-0.3, -0.25) is 5.84 Å². The largest absolute Gasteiger partial charge is 0.380 e. The fraction of sp³-hybridized carbons (Fsp3) is 1.00. The summed E-state index contributed by atoms with van der Waals surface area (Å²) in [6.45, 7) is 7.37. The van der Waals surface area contributed by atoms with Gasteiger partial charge in [0, 0.05) is 31.1 Å². The molecule has 0 atom stereocenters. The minimum atomic E-state index is 0.397. The van der Waals surface area contributed by atoms with Crippen LogP contribution in [0.5, 0.6) is 0 Å². The maximum absolute atomic E-state index is 5.76. The van der Waals surface area contributed by atoms with Gasteiger partial charge in [0.2, 0.25) is 0 Å². The molecule has 88 valence electrons. The lowest BCUT2D eigenvalue weighted by Crippen LogP contribution is -2.52. The lowest BCUT2D eigenvalue weighted by molar-refractivity contribution is -0.117. The summed E-state index contributed by atoms with van der Waals surface area (Å²) in [6, 6.07) is 0.710. The number of hydrogen-bond acceptors (Lipinski definition) is 4. The van der Waals surface area contributed by atoms with Crippen LogP contribution in [0.3, 0.4) is 0 Å². The van der Waals surface area contributed by atoms with Crippen molar-refractivity contribution in [2.75, 3.05) is 39.9 Å². The zero-order valence-corrected chi connectivity index (χ0v) is 9.91. The molecule has 0 aromatic heterocycles. The summed E-state index contributed by atoms with van der Waals surface area (Å²) >= 11 is 0. The number of ether oxygens (including phenoxy) is 1. The molecule has 2 aliphatic heterocycles. The highest BCUT2D eigenvalue weighted by Crippen LogP contribution is 2.28. The van der Waals surface area contributed by atoms with Crippen LogP contribution in [-0.4, -0.2) is 55.8 Å². The number of hydrogen-bond donors (Lipinski definition) is 1. The minimum absolute atomic E-state index is 0.397. The Hall–Kier alpha value is -0.160. The van der Waals surface area contributed by atoms with E-state index in [1.54, 1.807) is 0 Å². The van der Waals surface area contributed by atoms with Gasteiger partial charge >= 0.3 is 0 Å². The van der Waals surface area contributed by atoms with Crippen molar-refractivity contribution in [1.82, 2.24) is 9.91 Å². The third kappa shape index (κ3) is 2.69. The van der Waals surface area contributed by atoms with Crippen molar-refractivity contribution in [2.24, 2.45) is 11.3 Å². The number of nitrogens with two attached hydrogens (primary N) is 1. The predicted octanol–water partition coefficient (Wildman–Crippen LogP) is 0.293. The highest BCUT2D eigenvalue weighted by atomic mass is 16.5. The van der Waals surface area contributed by atoms with Gasteiger partial charge in [-0.25, -0.2) is 5.01 Å². The highest BCUT2D eigenvalue weighted by Gasteiger charge is 2.36. The van der Waals surface area contributed by atoms with E-state index in [1.807, 2.05) is 5.01 Å². The number of hydrazine groups is 1. The van der Waals surface area contributed by atoms with E-state index >= 15 is 0 Å². The van der Waals surface area contributed by atoms with Crippen LogP contribution in [-0.2, 0) is 4.74 Å². The summed E-state index contributed by atoms with van der Waals surface area (Å²) in [4.78, 5) is 2.50. The van der Waals surface area contributed by atoms with Crippen molar-refractivity contribution in [3.05, 3.63) is 0 Å². The molecule has 2 N–H and O–H groups in total. The average molecular weight is 213 g/mol. The van der Waals surface area contributed by atoms with Crippen molar-refractivity contribution in [3.8, 4) is 0 Å². The van der Waals surface area contributed by atoms with Gasteiger partial charge in [-0.15, -0.1) is 0 Å². The highest BCUT2D eigenvalue weighted by molar-refractivity contribution is 4.86. The van der Waals surface area contributed by atoms with E-state index in [2.05, 4.69) is 18.9 Å². The van der Waals surface area contributed by atoms with Crippen molar-refractivity contribution in [1.29, 1.82) is 0 Å². The van der Waals surface area contributed by atoms with E-state index in [-0.39, 0.29) is 0 Å². The first kappa shape index (κ1) is 11.3. The monoisotopic (exact) mass is 213 g/mol. The van der Waals surface area contributed by atoms with Crippen LogP contribution in [0.25, 0.3) is 0 Å². The standard InChI is InChI=1S/C11H23N3O/c1-11(8-15-9-11)7-13(2)10-3-5-14(12)6-4-10/h10H,3-9,12H2,1-2H3. The van der Waals surface area contributed by atoms with Crippen LogP contribution in [0.4, 0.5) is 0 Å². The summed E-state index contributed by atoms with van der Waals surface area (Å²) in [5.41, 5.74) is 0.397. The molecule has 4 nitrogen and oxygen atoms in total. The second-order valence-corrected chi connectivity index (χ2v) is 5.49. The van der Waals surface area contributed by atoms with E-state index in [0.29, 0.717) is 11.5 Å². The van der Waals surface area contributed by atoms with Gasteiger partial charge in [0.25, 0.3) is 0 Å². The van der Waals surface area contributed by atoms with Gasteiger partial charge in [0.15, 0.2) is 0 Å². The molecule has 2 saturated heterocycles. The lowest BCUT2D eigenvalue weighted by atomic mass is 9.87. The summed E-state index contributed by atoms with van der Waals surface area (Å²) in [5, 5.41) is 1.93.